The third-order valence-electron chi connectivity index (χ3n) is 5.52. The maximum absolute atomic E-state index is 11.9. The average molecular weight is 470 g/mol. The molecule has 2 aromatic carbocycles. The van der Waals surface area contributed by atoms with Crippen LogP contribution in [-0.4, -0.2) is 50.1 Å². The second kappa shape index (κ2) is 11.4. The summed E-state index contributed by atoms with van der Waals surface area (Å²) in [5, 5.41) is 5.64. The molecule has 168 valence electrons. The predicted molar refractivity (Wildman–Crippen MR) is 132 cm³/mol. The van der Waals surface area contributed by atoms with Crippen LogP contribution in [0.4, 0.5) is 5.69 Å². The molecule has 2 heterocycles. The van der Waals surface area contributed by atoms with Crippen LogP contribution in [-0.2, 0) is 6.54 Å². The summed E-state index contributed by atoms with van der Waals surface area (Å²) in [7, 11) is 0. The fraction of sp³-hybridized carbons (Fsp3) is 0.320. The molecule has 3 aromatic rings. The van der Waals surface area contributed by atoms with Gasteiger partial charge in [0, 0.05) is 39.3 Å². The molecule has 7 heteroatoms. The molecule has 0 atom stereocenters. The number of halogens is 1. The molecule has 4 rings (SSSR count). The number of piperazine rings is 1. The van der Waals surface area contributed by atoms with Crippen LogP contribution in [0.3, 0.4) is 0 Å². The van der Waals surface area contributed by atoms with Crippen molar-refractivity contribution in [1.29, 1.82) is 0 Å². The Morgan fingerprint density at radius 2 is 1.78 bits per heavy atom. The largest absolute Gasteiger partial charge is 0.494 e. The van der Waals surface area contributed by atoms with Crippen LogP contribution in [0, 0.1) is 0 Å². The zero-order valence-electron chi connectivity index (χ0n) is 18.0. The summed E-state index contributed by atoms with van der Waals surface area (Å²) in [6.07, 6.45) is 0.772. The number of benzene rings is 2. The van der Waals surface area contributed by atoms with Crippen molar-refractivity contribution in [2.75, 3.05) is 44.2 Å². The Hall–Kier alpha value is -2.54. The standard InChI is InChI=1S/C25H28ClN3O2S/c26-22-5-1-2-6-23(22)29-15-13-28(14-16-29)19-20-8-10-21(11-9-20)31-17-4-12-27-25(30)24-7-3-18-32-24/h1-3,5-11,18H,4,12-17,19H2,(H,27,30). The van der Waals surface area contributed by atoms with Gasteiger partial charge < -0.3 is 15.0 Å². The molecule has 0 unspecified atom stereocenters. The second-order valence-electron chi connectivity index (χ2n) is 7.79. The Bertz CT molecular complexity index is 987. The number of thiophene rings is 1. The van der Waals surface area contributed by atoms with E-state index in [2.05, 4.69) is 33.3 Å². The Morgan fingerprint density at radius 3 is 2.50 bits per heavy atom. The quantitative estimate of drug-likeness (QED) is 0.452. The molecule has 1 amide bonds. The van der Waals surface area contributed by atoms with E-state index >= 15 is 0 Å². The summed E-state index contributed by atoms with van der Waals surface area (Å²) in [6.45, 7) is 6.11. The number of rotatable bonds is 9. The van der Waals surface area contributed by atoms with Crippen molar-refractivity contribution in [3.05, 3.63) is 81.5 Å². The molecule has 0 radical (unpaired) electrons. The van der Waals surface area contributed by atoms with E-state index in [0.29, 0.717) is 13.2 Å². The van der Waals surface area contributed by atoms with Crippen LogP contribution in [0.5, 0.6) is 5.75 Å². The highest BCUT2D eigenvalue weighted by Crippen LogP contribution is 2.26. The van der Waals surface area contributed by atoms with Gasteiger partial charge in [-0.25, -0.2) is 0 Å². The number of anilines is 1. The smallest absolute Gasteiger partial charge is 0.261 e. The minimum atomic E-state index is -0.0166. The summed E-state index contributed by atoms with van der Waals surface area (Å²) in [5.74, 6) is 0.846. The van der Waals surface area contributed by atoms with Gasteiger partial charge in [-0.2, -0.15) is 0 Å². The van der Waals surface area contributed by atoms with E-state index in [1.54, 1.807) is 0 Å². The molecule has 0 saturated carbocycles. The number of carbonyl (C=O) groups excluding carboxylic acids is 1. The first-order valence-corrected chi connectivity index (χ1v) is 12.2. The summed E-state index contributed by atoms with van der Waals surface area (Å²) in [6, 6.07) is 20.1. The normalized spacial score (nSPS) is 14.3. The van der Waals surface area contributed by atoms with Crippen LogP contribution < -0.4 is 15.0 Å². The van der Waals surface area contributed by atoms with E-state index < -0.39 is 0 Å². The van der Waals surface area contributed by atoms with Crippen LogP contribution in [0.15, 0.2) is 66.0 Å². The SMILES string of the molecule is O=C(NCCCOc1ccc(CN2CCN(c3ccccc3Cl)CC2)cc1)c1cccs1. The van der Waals surface area contributed by atoms with Gasteiger partial charge in [0.15, 0.2) is 0 Å². The molecule has 1 N–H and O–H groups in total. The number of ether oxygens (including phenoxy) is 1. The molecular formula is C25H28ClN3O2S. The van der Waals surface area contributed by atoms with E-state index in [1.165, 1.54) is 16.9 Å². The fourth-order valence-electron chi connectivity index (χ4n) is 3.76. The molecule has 1 aliphatic rings. The van der Waals surface area contributed by atoms with E-state index in [1.807, 2.05) is 47.8 Å². The summed E-state index contributed by atoms with van der Waals surface area (Å²) >= 11 is 7.79. The molecule has 0 bridgehead atoms. The minimum absolute atomic E-state index is 0.0166. The molecule has 1 aromatic heterocycles. The van der Waals surface area contributed by atoms with Crippen molar-refractivity contribution >= 4 is 34.5 Å². The minimum Gasteiger partial charge on any atom is -0.494 e. The number of nitrogens with one attached hydrogen (secondary N) is 1. The molecule has 1 saturated heterocycles. The molecule has 1 aliphatic heterocycles. The van der Waals surface area contributed by atoms with Crippen LogP contribution in [0.2, 0.25) is 5.02 Å². The van der Waals surface area contributed by atoms with Crippen molar-refractivity contribution in [2.24, 2.45) is 0 Å². The first kappa shape index (κ1) is 22.6. The Balaban J connectivity index is 1.14. The van der Waals surface area contributed by atoms with Crippen LogP contribution in [0.1, 0.15) is 21.7 Å². The average Bonchev–Trinajstić information content (AvgIpc) is 3.36. The van der Waals surface area contributed by atoms with E-state index in [9.17, 15) is 4.79 Å². The number of hydrogen-bond acceptors (Lipinski definition) is 5. The molecule has 1 fully saturated rings. The van der Waals surface area contributed by atoms with Crippen molar-refractivity contribution < 1.29 is 9.53 Å². The van der Waals surface area contributed by atoms with Gasteiger partial charge in [-0.15, -0.1) is 11.3 Å². The number of para-hydroxylation sites is 1. The lowest BCUT2D eigenvalue weighted by molar-refractivity contribution is 0.0955. The predicted octanol–water partition coefficient (Wildman–Crippen LogP) is 4.92. The zero-order chi connectivity index (χ0) is 22.2. The highest BCUT2D eigenvalue weighted by molar-refractivity contribution is 7.12. The lowest BCUT2D eigenvalue weighted by Crippen LogP contribution is -2.46. The Morgan fingerprint density at radius 1 is 1.00 bits per heavy atom. The lowest BCUT2D eigenvalue weighted by Gasteiger charge is -2.36. The van der Waals surface area contributed by atoms with Gasteiger partial charge in [0.25, 0.3) is 5.91 Å². The lowest BCUT2D eigenvalue weighted by atomic mass is 10.2. The Kier molecular flexibility index (Phi) is 8.04. The number of amides is 1. The first-order chi connectivity index (χ1) is 15.7. The molecule has 5 nitrogen and oxygen atoms in total. The fourth-order valence-corrected chi connectivity index (χ4v) is 4.66. The second-order valence-corrected chi connectivity index (χ2v) is 9.15. The van der Waals surface area contributed by atoms with E-state index in [-0.39, 0.29) is 5.91 Å². The van der Waals surface area contributed by atoms with Crippen molar-refractivity contribution in [1.82, 2.24) is 10.2 Å². The van der Waals surface area contributed by atoms with Gasteiger partial charge in [-0.3, -0.25) is 9.69 Å². The van der Waals surface area contributed by atoms with Gasteiger partial charge in [0.2, 0.25) is 0 Å². The van der Waals surface area contributed by atoms with E-state index in [4.69, 9.17) is 16.3 Å². The first-order valence-electron chi connectivity index (χ1n) is 10.9. The molecule has 32 heavy (non-hydrogen) atoms. The van der Waals surface area contributed by atoms with Gasteiger partial charge in [-0.1, -0.05) is 41.9 Å². The van der Waals surface area contributed by atoms with E-state index in [0.717, 1.165) is 60.5 Å². The van der Waals surface area contributed by atoms with Gasteiger partial charge in [0.05, 0.1) is 22.2 Å². The molecular weight excluding hydrogens is 442 g/mol. The highest BCUT2D eigenvalue weighted by atomic mass is 35.5. The van der Waals surface area contributed by atoms with Gasteiger partial charge >= 0.3 is 0 Å². The Labute approximate surface area is 198 Å². The summed E-state index contributed by atoms with van der Waals surface area (Å²) < 4.78 is 5.82. The number of hydrogen-bond donors (Lipinski definition) is 1. The summed E-state index contributed by atoms with van der Waals surface area (Å²) in [5.41, 5.74) is 2.41. The van der Waals surface area contributed by atoms with Crippen LogP contribution >= 0.6 is 22.9 Å². The number of carbonyl (C=O) groups is 1. The molecule has 0 spiro atoms. The van der Waals surface area contributed by atoms with Gasteiger partial charge in [-0.05, 0) is 47.7 Å². The van der Waals surface area contributed by atoms with Gasteiger partial charge in [0.1, 0.15) is 5.75 Å². The molecule has 0 aliphatic carbocycles. The van der Waals surface area contributed by atoms with Crippen LogP contribution in [0.25, 0.3) is 0 Å². The monoisotopic (exact) mass is 469 g/mol. The highest BCUT2D eigenvalue weighted by Gasteiger charge is 2.18. The zero-order valence-corrected chi connectivity index (χ0v) is 19.6. The maximum Gasteiger partial charge on any atom is 0.261 e. The topological polar surface area (TPSA) is 44.8 Å². The van der Waals surface area contributed by atoms with Crippen molar-refractivity contribution in [3.8, 4) is 5.75 Å². The van der Waals surface area contributed by atoms with Crippen molar-refractivity contribution in [2.45, 2.75) is 13.0 Å². The third kappa shape index (κ3) is 6.25. The van der Waals surface area contributed by atoms with Crippen molar-refractivity contribution in [3.63, 3.8) is 0 Å². The maximum atomic E-state index is 11.9. The third-order valence-corrected chi connectivity index (χ3v) is 6.70. The number of nitrogens with zero attached hydrogens (tertiary/aromatic N) is 2. The summed E-state index contributed by atoms with van der Waals surface area (Å²) in [4.78, 5) is 17.5.